The van der Waals surface area contributed by atoms with E-state index in [1.165, 1.54) is 0 Å². The highest BCUT2D eigenvalue weighted by molar-refractivity contribution is 7.13. The van der Waals surface area contributed by atoms with E-state index in [1.807, 2.05) is 24.2 Å². The molecule has 1 amide bonds. The topological polar surface area (TPSA) is 51.0 Å². The molecular formula is C17H24N4OS. The van der Waals surface area contributed by atoms with E-state index in [0.717, 1.165) is 48.1 Å². The van der Waals surface area contributed by atoms with Gasteiger partial charge in [-0.2, -0.15) is 0 Å². The Morgan fingerprint density at radius 3 is 2.96 bits per heavy atom. The summed E-state index contributed by atoms with van der Waals surface area (Å²) in [7, 11) is 0. The van der Waals surface area contributed by atoms with Crippen molar-refractivity contribution >= 4 is 17.2 Å². The molecule has 6 heteroatoms. The van der Waals surface area contributed by atoms with Gasteiger partial charge in [-0.15, -0.1) is 11.3 Å². The Hall–Kier alpha value is -1.69. The molecule has 2 aromatic heterocycles. The molecule has 0 radical (unpaired) electrons. The highest BCUT2D eigenvalue weighted by atomic mass is 32.1. The molecule has 124 valence electrons. The number of likely N-dealkylation sites (tertiary alicyclic amines) is 1. The fourth-order valence-electron chi connectivity index (χ4n) is 3.11. The Bertz CT molecular complexity index is 676. The molecule has 0 spiro atoms. The summed E-state index contributed by atoms with van der Waals surface area (Å²) in [4.78, 5) is 24.3. The summed E-state index contributed by atoms with van der Waals surface area (Å²) in [6.07, 6.45) is 8.63. The third-order valence-electron chi connectivity index (χ3n) is 4.32. The lowest BCUT2D eigenvalue weighted by molar-refractivity contribution is 0.0728. The summed E-state index contributed by atoms with van der Waals surface area (Å²) in [5, 5.41) is 1.06. The van der Waals surface area contributed by atoms with Gasteiger partial charge < -0.3 is 9.47 Å². The molecule has 0 saturated carbocycles. The van der Waals surface area contributed by atoms with Crippen LogP contribution in [0.4, 0.5) is 0 Å². The molecule has 23 heavy (non-hydrogen) atoms. The maximum absolute atomic E-state index is 12.8. The summed E-state index contributed by atoms with van der Waals surface area (Å²) in [5.74, 6) is 1.70. The van der Waals surface area contributed by atoms with Crippen molar-refractivity contribution < 1.29 is 4.79 Å². The number of rotatable bonds is 5. The molecule has 0 N–H and O–H groups in total. The van der Waals surface area contributed by atoms with Gasteiger partial charge >= 0.3 is 0 Å². The SMILES string of the molecule is Cc1nccn1CC1CCCN1C(=O)c1cnc(CC(C)C)s1. The van der Waals surface area contributed by atoms with E-state index in [0.29, 0.717) is 5.92 Å². The van der Waals surface area contributed by atoms with Crippen molar-refractivity contribution in [2.75, 3.05) is 6.54 Å². The zero-order valence-electron chi connectivity index (χ0n) is 14.0. The van der Waals surface area contributed by atoms with E-state index in [-0.39, 0.29) is 11.9 Å². The van der Waals surface area contributed by atoms with Crippen molar-refractivity contribution in [1.29, 1.82) is 0 Å². The molecule has 1 atom stereocenters. The third-order valence-corrected chi connectivity index (χ3v) is 5.32. The van der Waals surface area contributed by atoms with Crippen LogP contribution in [0.2, 0.25) is 0 Å². The van der Waals surface area contributed by atoms with E-state index in [2.05, 4.69) is 28.4 Å². The maximum atomic E-state index is 12.8. The molecule has 1 unspecified atom stereocenters. The number of carbonyl (C=O) groups is 1. The van der Waals surface area contributed by atoms with E-state index >= 15 is 0 Å². The van der Waals surface area contributed by atoms with Gasteiger partial charge in [-0.3, -0.25) is 4.79 Å². The third kappa shape index (κ3) is 3.63. The summed E-state index contributed by atoms with van der Waals surface area (Å²) in [5.41, 5.74) is 0. The molecule has 1 saturated heterocycles. The monoisotopic (exact) mass is 332 g/mol. The molecule has 0 bridgehead atoms. The molecule has 5 nitrogen and oxygen atoms in total. The van der Waals surface area contributed by atoms with E-state index in [9.17, 15) is 4.79 Å². The zero-order chi connectivity index (χ0) is 16.4. The number of imidazole rings is 1. The van der Waals surface area contributed by atoms with Gasteiger partial charge in [-0.1, -0.05) is 13.8 Å². The first kappa shape index (κ1) is 16.2. The molecule has 1 aliphatic rings. The van der Waals surface area contributed by atoms with Crippen LogP contribution >= 0.6 is 11.3 Å². The summed E-state index contributed by atoms with van der Waals surface area (Å²) in [6.45, 7) is 8.02. The molecule has 1 fully saturated rings. The summed E-state index contributed by atoms with van der Waals surface area (Å²) < 4.78 is 2.13. The van der Waals surface area contributed by atoms with Gasteiger partial charge in [0.15, 0.2) is 0 Å². The van der Waals surface area contributed by atoms with Crippen LogP contribution < -0.4 is 0 Å². The van der Waals surface area contributed by atoms with Gasteiger partial charge in [0.25, 0.3) is 5.91 Å². The average Bonchev–Trinajstić information content (AvgIpc) is 3.21. The summed E-state index contributed by atoms with van der Waals surface area (Å²) in [6, 6.07) is 0.256. The first-order chi connectivity index (χ1) is 11.0. The fraction of sp³-hybridized carbons (Fsp3) is 0.588. The number of nitrogens with zero attached hydrogens (tertiary/aromatic N) is 4. The normalized spacial score (nSPS) is 18.1. The standard InChI is InChI=1S/C17H24N4OS/c1-12(2)9-16-19-10-15(23-16)17(22)21-7-4-5-14(21)11-20-8-6-18-13(20)3/h6,8,10,12,14H,4-5,7,9,11H2,1-3H3. The average molecular weight is 332 g/mol. The van der Waals surface area contributed by atoms with E-state index < -0.39 is 0 Å². The van der Waals surface area contributed by atoms with Crippen molar-refractivity contribution in [3.05, 3.63) is 34.3 Å². The highest BCUT2D eigenvalue weighted by Crippen LogP contribution is 2.25. The largest absolute Gasteiger partial charge is 0.333 e. The van der Waals surface area contributed by atoms with Crippen LogP contribution in [0.5, 0.6) is 0 Å². The Balaban J connectivity index is 1.70. The lowest BCUT2D eigenvalue weighted by atomic mass is 10.1. The number of aromatic nitrogens is 3. The first-order valence-corrected chi connectivity index (χ1v) is 9.09. The van der Waals surface area contributed by atoms with Crippen molar-refractivity contribution in [2.24, 2.45) is 5.92 Å². The van der Waals surface area contributed by atoms with Crippen LogP contribution in [-0.4, -0.2) is 37.9 Å². The van der Waals surface area contributed by atoms with Crippen molar-refractivity contribution in [3.63, 3.8) is 0 Å². The predicted molar refractivity (Wildman–Crippen MR) is 91.7 cm³/mol. The molecule has 3 rings (SSSR count). The zero-order valence-corrected chi connectivity index (χ0v) is 14.8. The molecule has 0 aromatic carbocycles. The quantitative estimate of drug-likeness (QED) is 0.845. The van der Waals surface area contributed by atoms with Crippen LogP contribution in [-0.2, 0) is 13.0 Å². The van der Waals surface area contributed by atoms with E-state index in [1.54, 1.807) is 17.5 Å². The van der Waals surface area contributed by atoms with Gasteiger partial charge in [-0.05, 0) is 25.7 Å². The second-order valence-corrected chi connectivity index (χ2v) is 7.75. The minimum absolute atomic E-state index is 0.137. The number of aryl methyl sites for hydroxylation is 1. The lowest BCUT2D eigenvalue weighted by Gasteiger charge is -2.24. The number of hydrogen-bond acceptors (Lipinski definition) is 4. The van der Waals surface area contributed by atoms with E-state index in [4.69, 9.17) is 0 Å². The fourth-order valence-corrected chi connectivity index (χ4v) is 4.20. The Morgan fingerprint density at radius 2 is 2.26 bits per heavy atom. The van der Waals surface area contributed by atoms with Gasteiger partial charge in [0.05, 0.1) is 17.2 Å². The van der Waals surface area contributed by atoms with Crippen molar-refractivity contribution in [3.8, 4) is 0 Å². The molecule has 3 heterocycles. The summed E-state index contributed by atoms with van der Waals surface area (Å²) >= 11 is 1.55. The van der Waals surface area contributed by atoms with Crippen LogP contribution in [0.1, 0.15) is 47.2 Å². The van der Waals surface area contributed by atoms with Gasteiger partial charge in [0, 0.05) is 31.9 Å². The van der Waals surface area contributed by atoms with Crippen LogP contribution in [0, 0.1) is 12.8 Å². The highest BCUT2D eigenvalue weighted by Gasteiger charge is 2.30. The van der Waals surface area contributed by atoms with Gasteiger partial charge in [-0.25, -0.2) is 9.97 Å². The minimum Gasteiger partial charge on any atom is -0.333 e. The minimum atomic E-state index is 0.137. The lowest BCUT2D eigenvalue weighted by Crippen LogP contribution is -2.37. The second-order valence-electron chi connectivity index (χ2n) is 6.64. The van der Waals surface area contributed by atoms with Gasteiger partial charge in [0.2, 0.25) is 0 Å². The van der Waals surface area contributed by atoms with Crippen LogP contribution in [0.25, 0.3) is 0 Å². The molecular weight excluding hydrogens is 308 g/mol. The number of thiazole rings is 1. The van der Waals surface area contributed by atoms with Crippen molar-refractivity contribution in [1.82, 2.24) is 19.4 Å². The second kappa shape index (κ2) is 6.83. The smallest absolute Gasteiger partial charge is 0.265 e. The molecule has 0 aliphatic carbocycles. The predicted octanol–water partition coefficient (Wildman–Crippen LogP) is 3.15. The maximum Gasteiger partial charge on any atom is 0.265 e. The number of amides is 1. The van der Waals surface area contributed by atoms with Crippen LogP contribution in [0.15, 0.2) is 18.6 Å². The van der Waals surface area contributed by atoms with Crippen molar-refractivity contribution in [2.45, 2.75) is 52.6 Å². The van der Waals surface area contributed by atoms with Crippen LogP contribution in [0.3, 0.4) is 0 Å². The first-order valence-electron chi connectivity index (χ1n) is 8.28. The molecule has 2 aromatic rings. The molecule has 1 aliphatic heterocycles. The number of hydrogen-bond donors (Lipinski definition) is 0. The Labute approximate surface area is 141 Å². The van der Waals surface area contributed by atoms with Gasteiger partial charge in [0.1, 0.15) is 10.7 Å². The Morgan fingerprint density at radius 1 is 1.43 bits per heavy atom. The number of carbonyl (C=O) groups excluding carboxylic acids is 1. The Kier molecular flexibility index (Phi) is 4.80.